The van der Waals surface area contributed by atoms with Gasteiger partial charge in [-0.3, -0.25) is 4.79 Å². The Labute approximate surface area is 97.4 Å². The molecule has 1 aliphatic heterocycles. The lowest BCUT2D eigenvalue weighted by Crippen LogP contribution is -2.64. The van der Waals surface area contributed by atoms with Gasteiger partial charge in [0.1, 0.15) is 30.5 Å². The zero-order valence-electron chi connectivity index (χ0n) is 9.22. The number of aliphatic hydroxyl groups excluding tert-OH is 5. The van der Waals surface area contributed by atoms with E-state index in [1.807, 2.05) is 0 Å². The summed E-state index contributed by atoms with van der Waals surface area (Å²) in [4.78, 5) is 11.2. The maximum absolute atomic E-state index is 11.2. The topological polar surface area (TPSA) is 139 Å². The van der Waals surface area contributed by atoms with Crippen LogP contribution < -0.4 is 5.32 Å². The number of hydrogen-bond acceptors (Lipinski definition) is 7. The number of carbonyl (C=O) groups is 1. The summed E-state index contributed by atoms with van der Waals surface area (Å²) in [7, 11) is 0. The van der Waals surface area contributed by atoms with Gasteiger partial charge in [0.25, 0.3) is 0 Å². The summed E-state index contributed by atoms with van der Waals surface area (Å²) in [6, 6.07) is -1.27. The Morgan fingerprint density at radius 2 is 1.94 bits per heavy atom. The predicted octanol–water partition coefficient (Wildman–Crippen LogP) is -3.72. The molecule has 17 heavy (non-hydrogen) atoms. The van der Waals surface area contributed by atoms with Crippen molar-refractivity contribution in [1.82, 2.24) is 5.32 Å². The molecule has 0 saturated carbocycles. The van der Waals surface area contributed by atoms with Crippen molar-refractivity contribution in [3.63, 3.8) is 0 Å². The largest absolute Gasteiger partial charge is 0.394 e. The van der Waals surface area contributed by atoms with Crippen LogP contribution in [0.4, 0.5) is 0 Å². The lowest BCUT2D eigenvalue weighted by molar-refractivity contribution is -0.254. The van der Waals surface area contributed by atoms with Gasteiger partial charge < -0.3 is 35.6 Å². The molecule has 1 fully saturated rings. The molecule has 0 aromatic rings. The molecule has 1 amide bonds. The van der Waals surface area contributed by atoms with Crippen molar-refractivity contribution in [2.45, 2.75) is 43.7 Å². The molecular formula is C9H17NO7. The van der Waals surface area contributed by atoms with Gasteiger partial charge in [-0.15, -0.1) is 0 Å². The lowest BCUT2D eigenvalue weighted by Gasteiger charge is -2.40. The van der Waals surface area contributed by atoms with Crippen molar-refractivity contribution in [1.29, 1.82) is 0 Å². The smallest absolute Gasteiger partial charge is 0.249 e. The molecule has 0 radical (unpaired) electrons. The molecule has 8 nitrogen and oxygen atoms in total. The third-order valence-electron chi connectivity index (χ3n) is 2.59. The molecule has 0 spiro atoms. The van der Waals surface area contributed by atoms with Gasteiger partial charge >= 0.3 is 0 Å². The minimum atomic E-state index is -1.58. The van der Waals surface area contributed by atoms with Crippen LogP contribution in [0.1, 0.15) is 6.92 Å². The summed E-state index contributed by atoms with van der Waals surface area (Å²) >= 11 is 0. The fraction of sp³-hybridized carbons (Fsp3) is 0.889. The fourth-order valence-corrected chi connectivity index (χ4v) is 1.54. The number of amides is 1. The molecule has 1 rings (SSSR count). The summed E-state index contributed by atoms with van der Waals surface area (Å²) in [6.45, 7) is 0.636. The average Bonchev–Trinajstić information content (AvgIpc) is 2.28. The third kappa shape index (κ3) is 3.12. The van der Waals surface area contributed by atoms with Crippen molar-refractivity contribution >= 4 is 5.91 Å². The zero-order chi connectivity index (χ0) is 13.2. The highest BCUT2D eigenvalue weighted by molar-refractivity contribution is 5.80. The van der Waals surface area contributed by atoms with Gasteiger partial charge in [-0.05, 0) is 6.92 Å². The van der Waals surface area contributed by atoms with Gasteiger partial charge in [-0.2, -0.15) is 0 Å². The standard InChI is InChI=1S/C9H17NO7/c1-3(12)8(15)10-5-7(14)6(13)4(2-11)17-9(5)16/h3-7,9,11-14,16H,2H2,1H3,(H,10,15)/t3?,4-,5-,6+,7-,9?/m1/s1. The fourth-order valence-electron chi connectivity index (χ4n) is 1.54. The van der Waals surface area contributed by atoms with Crippen molar-refractivity contribution in [3.8, 4) is 0 Å². The maximum Gasteiger partial charge on any atom is 0.249 e. The van der Waals surface area contributed by atoms with Gasteiger partial charge in [-0.1, -0.05) is 0 Å². The zero-order valence-corrected chi connectivity index (χ0v) is 9.22. The molecule has 0 bridgehead atoms. The highest BCUT2D eigenvalue weighted by atomic mass is 16.6. The number of nitrogens with one attached hydrogen (secondary N) is 1. The van der Waals surface area contributed by atoms with E-state index >= 15 is 0 Å². The molecule has 6 N–H and O–H groups in total. The van der Waals surface area contributed by atoms with E-state index in [1.54, 1.807) is 0 Å². The van der Waals surface area contributed by atoms with Crippen LogP contribution in [0.25, 0.3) is 0 Å². The molecular weight excluding hydrogens is 234 g/mol. The maximum atomic E-state index is 11.2. The first kappa shape index (κ1) is 14.3. The lowest BCUT2D eigenvalue weighted by atomic mass is 9.97. The summed E-state index contributed by atoms with van der Waals surface area (Å²) < 4.78 is 4.81. The molecule has 0 aliphatic carbocycles. The Morgan fingerprint density at radius 1 is 1.35 bits per heavy atom. The van der Waals surface area contributed by atoms with Crippen molar-refractivity contribution < 1.29 is 35.1 Å². The van der Waals surface area contributed by atoms with Crippen molar-refractivity contribution in [2.75, 3.05) is 6.61 Å². The molecule has 1 aliphatic rings. The number of ether oxygens (including phenoxy) is 1. The van der Waals surface area contributed by atoms with E-state index in [2.05, 4.69) is 5.32 Å². The molecule has 2 unspecified atom stereocenters. The van der Waals surface area contributed by atoms with E-state index in [-0.39, 0.29) is 0 Å². The molecule has 0 aromatic heterocycles. The SMILES string of the molecule is CC(O)C(=O)N[C@H]1C(O)O[C@H](CO)[C@H](O)[C@@H]1O. The number of hydrogen-bond donors (Lipinski definition) is 6. The van der Waals surface area contributed by atoms with Crippen LogP contribution in [0.3, 0.4) is 0 Å². The quantitative estimate of drug-likeness (QED) is 0.303. The van der Waals surface area contributed by atoms with E-state index in [9.17, 15) is 20.1 Å². The number of rotatable bonds is 3. The summed E-state index contributed by atoms with van der Waals surface area (Å²) in [5.74, 6) is -0.814. The van der Waals surface area contributed by atoms with E-state index in [4.69, 9.17) is 14.9 Å². The molecule has 100 valence electrons. The third-order valence-corrected chi connectivity index (χ3v) is 2.59. The van der Waals surface area contributed by atoms with Gasteiger partial charge in [0, 0.05) is 0 Å². The average molecular weight is 251 g/mol. The van der Waals surface area contributed by atoms with Crippen LogP contribution in [0.5, 0.6) is 0 Å². The van der Waals surface area contributed by atoms with Crippen LogP contribution in [-0.2, 0) is 9.53 Å². The van der Waals surface area contributed by atoms with Crippen LogP contribution in [-0.4, -0.2) is 74.8 Å². The van der Waals surface area contributed by atoms with Gasteiger partial charge in [0.05, 0.1) is 6.61 Å². The van der Waals surface area contributed by atoms with Crippen LogP contribution in [0, 0.1) is 0 Å². The van der Waals surface area contributed by atoms with Gasteiger partial charge in [-0.25, -0.2) is 0 Å². The second-order valence-electron chi connectivity index (χ2n) is 3.94. The highest BCUT2D eigenvalue weighted by Gasteiger charge is 2.44. The van der Waals surface area contributed by atoms with Crippen LogP contribution >= 0.6 is 0 Å². The van der Waals surface area contributed by atoms with E-state index < -0.39 is 49.3 Å². The summed E-state index contributed by atoms with van der Waals surface area (Å²) in [5.41, 5.74) is 0. The van der Waals surface area contributed by atoms with Crippen LogP contribution in [0.2, 0.25) is 0 Å². The molecule has 8 heteroatoms. The second kappa shape index (κ2) is 5.71. The number of aliphatic hydroxyl groups is 5. The molecule has 6 atom stereocenters. The molecule has 1 saturated heterocycles. The van der Waals surface area contributed by atoms with E-state index in [0.29, 0.717) is 0 Å². The summed E-state index contributed by atoms with van der Waals surface area (Å²) in [6.07, 6.45) is -6.96. The van der Waals surface area contributed by atoms with E-state index in [1.165, 1.54) is 6.92 Å². The first-order chi connectivity index (χ1) is 7.88. The number of carbonyl (C=O) groups excluding carboxylic acids is 1. The highest BCUT2D eigenvalue weighted by Crippen LogP contribution is 2.19. The van der Waals surface area contributed by atoms with Crippen molar-refractivity contribution in [2.24, 2.45) is 0 Å². The summed E-state index contributed by atoms with van der Waals surface area (Å²) in [5, 5.41) is 48.6. The van der Waals surface area contributed by atoms with Crippen LogP contribution in [0.15, 0.2) is 0 Å². The Balaban J connectivity index is 2.69. The first-order valence-electron chi connectivity index (χ1n) is 5.17. The van der Waals surface area contributed by atoms with Gasteiger partial charge in [0.15, 0.2) is 6.29 Å². The van der Waals surface area contributed by atoms with Gasteiger partial charge in [0.2, 0.25) is 5.91 Å². The first-order valence-corrected chi connectivity index (χ1v) is 5.17. The molecule has 1 heterocycles. The Morgan fingerprint density at radius 3 is 2.41 bits per heavy atom. The monoisotopic (exact) mass is 251 g/mol. The minimum Gasteiger partial charge on any atom is -0.394 e. The second-order valence-corrected chi connectivity index (χ2v) is 3.94. The Kier molecular flexibility index (Phi) is 4.80. The van der Waals surface area contributed by atoms with E-state index in [0.717, 1.165) is 0 Å². The molecule has 0 aromatic carbocycles. The Bertz CT molecular complexity index is 272. The minimum absolute atomic E-state index is 0.577. The Hall–Kier alpha value is -0.770. The van der Waals surface area contributed by atoms with Crippen molar-refractivity contribution in [3.05, 3.63) is 0 Å². The predicted molar refractivity (Wildman–Crippen MR) is 53.6 cm³/mol. The normalized spacial score (nSPS) is 39.8.